The fraction of sp³-hybridized carbons (Fsp3) is 0.875. The molecule has 0 fully saturated rings. The van der Waals surface area contributed by atoms with Gasteiger partial charge in [0.25, 0.3) is 0 Å². The van der Waals surface area contributed by atoms with Crippen LogP contribution in [0.3, 0.4) is 0 Å². The van der Waals surface area contributed by atoms with Crippen LogP contribution in [0.2, 0.25) is 11.2 Å². The molecule has 6 heteroatoms. The van der Waals surface area contributed by atoms with E-state index in [9.17, 15) is 4.79 Å². The summed E-state index contributed by atoms with van der Waals surface area (Å²) in [4.78, 5) is 16.2. The first-order chi connectivity index (χ1) is 6.60. The summed E-state index contributed by atoms with van der Waals surface area (Å²) in [5, 5.41) is 17.9. The van der Waals surface area contributed by atoms with E-state index in [0.717, 1.165) is 10.8 Å². The summed E-state index contributed by atoms with van der Waals surface area (Å²) in [6, 6.07) is 0. The number of carboxylic acid groups (broad SMARTS) is 1. The van der Waals surface area contributed by atoms with Crippen LogP contribution in [-0.2, 0) is 23.3 Å². The molecule has 0 rings (SSSR count). The van der Waals surface area contributed by atoms with Crippen LogP contribution in [-0.4, -0.2) is 46.4 Å². The van der Waals surface area contributed by atoms with Crippen LogP contribution in [0, 0.1) is 0 Å². The Kier molecular flexibility index (Phi) is 8.10. The van der Waals surface area contributed by atoms with E-state index in [1.165, 1.54) is 0 Å². The second-order valence-electron chi connectivity index (χ2n) is 2.76. The molecular weight excluding hydrogens is 233 g/mol. The summed E-state index contributed by atoms with van der Waals surface area (Å²) in [5.74, 6) is 1.28. The number of hydrogen-bond acceptors (Lipinski definition) is 4. The van der Waals surface area contributed by atoms with Crippen molar-refractivity contribution >= 4 is 5.97 Å². The van der Waals surface area contributed by atoms with E-state index in [-0.39, 0.29) is 26.8 Å². The van der Waals surface area contributed by atoms with Gasteiger partial charge in [0.05, 0.1) is 0 Å². The SMILES string of the molecule is C[CH2][Co]([CH3])[CH2]N(CCOO)CC(=O)O. The molecule has 0 saturated heterocycles. The molecule has 0 spiro atoms. The first-order valence-corrected chi connectivity index (χ1v) is 6.73. The van der Waals surface area contributed by atoms with Crippen LogP contribution < -0.4 is 0 Å². The third-order valence-corrected chi connectivity index (χ3v) is 3.87. The Balaban J connectivity index is 3.89. The van der Waals surface area contributed by atoms with E-state index >= 15 is 0 Å². The topological polar surface area (TPSA) is 70.0 Å². The number of carboxylic acids is 1. The average Bonchev–Trinajstić information content (AvgIpc) is 2.13. The van der Waals surface area contributed by atoms with Gasteiger partial charge in [-0.15, -0.1) is 0 Å². The molecule has 2 N–H and O–H groups in total. The van der Waals surface area contributed by atoms with Gasteiger partial charge in [-0.2, -0.15) is 0 Å². The van der Waals surface area contributed by atoms with E-state index in [4.69, 9.17) is 10.4 Å². The quantitative estimate of drug-likeness (QED) is 0.496. The molecule has 0 aliphatic carbocycles. The molecule has 88 valence electrons. The van der Waals surface area contributed by atoms with Gasteiger partial charge in [0.15, 0.2) is 0 Å². The van der Waals surface area contributed by atoms with Crippen molar-refractivity contribution in [2.24, 2.45) is 0 Å². The van der Waals surface area contributed by atoms with Crippen molar-refractivity contribution in [2.45, 2.75) is 18.1 Å². The van der Waals surface area contributed by atoms with Crippen molar-refractivity contribution in [1.82, 2.24) is 4.90 Å². The molecule has 0 aromatic rings. The summed E-state index contributed by atoms with van der Waals surface area (Å²) in [6.07, 6.45) is 0. The van der Waals surface area contributed by atoms with Crippen LogP contribution in [0.15, 0.2) is 0 Å². The van der Waals surface area contributed by atoms with Crippen LogP contribution in [0.1, 0.15) is 6.92 Å². The molecule has 5 nitrogen and oxygen atoms in total. The van der Waals surface area contributed by atoms with Crippen molar-refractivity contribution < 1.29 is 33.7 Å². The molecular formula is C8H18CoNO4. The molecule has 0 bridgehead atoms. The first-order valence-electron chi connectivity index (χ1n) is 4.21. The molecule has 0 unspecified atom stereocenters. The van der Waals surface area contributed by atoms with Gasteiger partial charge in [-0.25, -0.2) is 0 Å². The Bertz CT molecular complexity index is 167. The van der Waals surface area contributed by atoms with Crippen molar-refractivity contribution in [3.05, 3.63) is 0 Å². The third-order valence-electron chi connectivity index (χ3n) is 1.59. The number of aliphatic carboxylic acids is 1. The Morgan fingerprint density at radius 2 is 2.21 bits per heavy atom. The Morgan fingerprint density at radius 1 is 1.57 bits per heavy atom. The van der Waals surface area contributed by atoms with Gasteiger partial charge < -0.3 is 0 Å². The first kappa shape index (κ1) is 13.9. The summed E-state index contributed by atoms with van der Waals surface area (Å²) in [7, 11) is 0. The molecule has 0 aromatic heterocycles. The van der Waals surface area contributed by atoms with Gasteiger partial charge in [-0.3, -0.25) is 0 Å². The fourth-order valence-electron chi connectivity index (χ4n) is 0.859. The number of rotatable bonds is 8. The van der Waals surface area contributed by atoms with Crippen molar-refractivity contribution in [3.8, 4) is 0 Å². The zero-order valence-corrected chi connectivity index (χ0v) is 9.57. The Morgan fingerprint density at radius 3 is 2.64 bits per heavy atom. The molecule has 0 aliphatic rings. The van der Waals surface area contributed by atoms with E-state index in [0.29, 0.717) is 6.54 Å². The molecule has 0 amide bonds. The van der Waals surface area contributed by atoms with Crippen molar-refractivity contribution in [3.63, 3.8) is 0 Å². The second kappa shape index (κ2) is 8.19. The van der Waals surface area contributed by atoms with E-state index in [1.54, 1.807) is 4.90 Å². The van der Waals surface area contributed by atoms with E-state index < -0.39 is 5.97 Å². The standard InChI is InChI=1S/C5H10NO4.C2H5.CH3.Co/c1-6(2-3-10-9)4-5(7)8;1-2;;/h9H,1-4H2,(H,7,8);1H2,2H3;1H3;. The number of nitrogens with zero attached hydrogens (tertiary/aromatic N) is 1. The van der Waals surface area contributed by atoms with Gasteiger partial charge in [0, 0.05) is 0 Å². The third kappa shape index (κ3) is 7.28. The van der Waals surface area contributed by atoms with Crippen LogP contribution in [0.25, 0.3) is 0 Å². The predicted octanol–water partition coefficient (Wildman–Crippen LogP) is 0.925. The summed E-state index contributed by atoms with van der Waals surface area (Å²) >= 11 is -0.118. The summed E-state index contributed by atoms with van der Waals surface area (Å²) < 4.78 is 0. The normalized spacial score (nSPS) is 11.9. The fourth-order valence-corrected chi connectivity index (χ4v) is 2.17. The molecule has 0 aliphatic heterocycles. The molecule has 0 atom stereocenters. The maximum atomic E-state index is 10.5. The second-order valence-corrected chi connectivity index (χ2v) is 5.82. The van der Waals surface area contributed by atoms with E-state index in [1.807, 2.05) is 0 Å². The van der Waals surface area contributed by atoms with Gasteiger partial charge >= 0.3 is 87.9 Å². The monoisotopic (exact) mass is 251 g/mol. The van der Waals surface area contributed by atoms with Crippen LogP contribution >= 0.6 is 0 Å². The van der Waals surface area contributed by atoms with E-state index in [2.05, 4.69) is 17.7 Å². The van der Waals surface area contributed by atoms with Gasteiger partial charge in [-0.05, 0) is 0 Å². The summed E-state index contributed by atoms with van der Waals surface area (Å²) in [6.45, 7) is 2.70. The summed E-state index contributed by atoms with van der Waals surface area (Å²) in [5.41, 5.74) is 0.777. The zero-order chi connectivity index (χ0) is 11.0. The minimum atomic E-state index is -0.845. The van der Waals surface area contributed by atoms with Crippen molar-refractivity contribution in [1.29, 1.82) is 0 Å². The van der Waals surface area contributed by atoms with Crippen molar-refractivity contribution in [2.75, 3.05) is 25.2 Å². The van der Waals surface area contributed by atoms with Gasteiger partial charge in [0.2, 0.25) is 0 Å². The number of hydrogen-bond donors (Lipinski definition) is 2. The minimum absolute atomic E-state index is 0.00937. The Labute approximate surface area is 88.3 Å². The molecule has 14 heavy (non-hydrogen) atoms. The zero-order valence-electron chi connectivity index (χ0n) is 8.53. The predicted molar refractivity (Wildman–Crippen MR) is 49.0 cm³/mol. The van der Waals surface area contributed by atoms with Crippen LogP contribution in [0.4, 0.5) is 0 Å². The average molecular weight is 251 g/mol. The molecule has 0 aromatic carbocycles. The van der Waals surface area contributed by atoms with Gasteiger partial charge in [0.1, 0.15) is 0 Å². The number of carbonyl (C=O) groups is 1. The Hall–Kier alpha value is -0.144. The maximum absolute atomic E-state index is 10.5. The van der Waals surface area contributed by atoms with Gasteiger partial charge in [-0.1, -0.05) is 0 Å². The molecule has 0 heterocycles. The molecule has 0 saturated carbocycles. The molecule has 0 radical (unpaired) electrons. The van der Waals surface area contributed by atoms with Crippen LogP contribution in [0.5, 0.6) is 0 Å².